The Balaban J connectivity index is 2.10. The van der Waals surface area contributed by atoms with Crippen molar-refractivity contribution in [2.24, 2.45) is 0 Å². The molecule has 1 aromatic rings. The molecule has 1 unspecified atom stereocenters. The molecule has 3 rings (SSSR count). The molecule has 5 nitrogen and oxygen atoms in total. The summed E-state index contributed by atoms with van der Waals surface area (Å²) in [6, 6.07) is -0.106. The highest BCUT2D eigenvalue weighted by atomic mass is 35.5. The zero-order chi connectivity index (χ0) is 12.7. The third-order valence-electron chi connectivity index (χ3n) is 3.62. The first kappa shape index (κ1) is 11.7. The van der Waals surface area contributed by atoms with E-state index in [0.29, 0.717) is 5.69 Å². The second kappa shape index (κ2) is 4.39. The number of halogens is 1. The van der Waals surface area contributed by atoms with Crippen molar-refractivity contribution in [2.75, 3.05) is 16.8 Å². The van der Waals surface area contributed by atoms with Crippen molar-refractivity contribution in [3.05, 3.63) is 11.0 Å². The lowest BCUT2D eigenvalue weighted by Gasteiger charge is -2.36. The Morgan fingerprint density at radius 2 is 2.17 bits per heavy atom. The van der Waals surface area contributed by atoms with E-state index in [4.69, 9.17) is 11.6 Å². The summed E-state index contributed by atoms with van der Waals surface area (Å²) < 4.78 is 0. The van der Waals surface area contributed by atoms with Gasteiger partial charge in [0.25, 0.3) is 0 Å². The van der Waals surface area contributed by atoms with Gasteiger partial charge in [-0.3, -0.25) is 4.79 Å². The maximum Gasteiger partial charge on any atom is 0.247 e. The molecule has 0 saturated carbocycles. The third-order valence-corrected chi connectivity index (χ3v) is 3.79. The molecule has 1 atom stereocenters. The minimum atomic E-state index is -0.106. The molecule has 96 valence electrons. The van der Waals surface area contributed by atoms with Gasteiger partial charge in [-0.25, -0.2) is 4.98 Å². The van der Waals surface area contributed by atoms with Crippen LogP contribution in [0.15, 0.2) is 0 Å². The van der Waals surface area contributed by atoms with E-state index in [2.05, 4.69) is 20.2 Å². The summed E-state index contributed by atoms with van der Waals surface area (Å²) in [5.74, 6) is 0.831. The Labute approximate surface area is 111 Å². The van der Waals surface area contributed by atoms with Gasteiger partial charge in [0.1, 0.15) is 11.7 Å². The summed E-state index contributed by atoms with van der Waals surface area (Å²) in [5.41, 5.74) is 1.43. The van der Waals surface area contributed by atoms with Crippen molar-refractivity contribution in [2.45, 2.75) is 38.6 Å². The smallest absolute Gasteiger partial charge is 0.247 e. The Hall–Kier alpha value is -1.36. The molecule has 18 heavy (non-hydrogen) atoms. The molecule has 1 aromatic heterocycles. The molecule has 0 aliphatic carbocycles. The van der Waals surface area contributed by atoms with Gasteiger partial charge >= 0.3 is 0 Å². The van der Waals surface area contributed by atoms with Gasteiger partial charge in [-0.1, -0.05) is 12.8 Å². The largest absolute Gasteiger partial charge is 0.343 e. The zero-order valence-corrected chi connectivity index (χ0v) is 11.0. The quantitative estimate of drug-likeness (QED) is 0.731. The van der Waals surface area contributed by atoms with Gasteiger partial charge in [0, 0.05) is 6.54 Å². The fourth-order valence-corrected chi connectivity index (χ4v) is 2.93. The van der Waals surface area contributed by atoms with Crippen molar-refractivity contribution >= 4 is 29.0 Å². The van der Waals surface area contributed by atoms with Crippen molar-refractivity contribution in [3.8, 4) is 0 Å². The van der Waals surface area contributed by atoms with E-state index >= 15 is 0 Å². The third kappa shape index (κ3) is 1.82. The molecule has 1 amide bonds. The van der Waals surface area contributed by atoms with Gasteiger partial charge in [-0.2, -0.15) is 4.98 Å². The fourth-order valence-electron chi connectivity index (χ4n) is 2.72. The van der Waals surface area contributed by atoms with Crippen LogP contribution in [0.2, 0.25) is 5.28 Å². The number of amides is 1. The van der Waals surface area contributed by atoms with Gasteiger partial charge in [0.05, 0.1) is 5.69 Å². The summed E-state index contributed by atoms with van der Waals surface area (Å²) in [6.45, 7) is 2.70. The number of aryl methyl sites for hydroxylation is 1. The first-order chi connectivity index (χ1) is 8.66. The van der Waals surface area contributed by atoms with Crippen LogP contribution in [-0.2, 0) is 4.79 Å². The van der Waals surface area contributed by atoms with Crippen LogP contribution < -0.4 is 10.2 Å². The number of fused-ring (bicyclic) bond motifs is 3. The zero-order valence-electron chi connectivity index (χ0n) is 10.2. The fraction of sp³-hybridized carbons (Fsp3) is 0.583. The Kier molecular flexibility index (Phi) is 2.86. The van der Waals surface area contributed by atoms with Gasteiger partial charge in [0.2, 0.25) is 11.2 Å². The molecule has 0 bridgehead atoms. The molecular formula is C12H15ClN4O. The second-order valence-corrected chi connectivity index (χ2v) is 5.16. The summed E-state index contributed by atoms with van der Waals surface area (Å²) in [7, 11) is 0. The predicted octanol–water partition coefficient (Wildman–Crippen LogP) is 2.14. The molecular weight excluding hydrogens is 252 g/mol. The molecule has 2 aliphatic heterocycles. The molecule has 3 heterocycles. The van der Waals surface area contributed by atoms with Crippen molar-refractivity contribution in [3.63, 3.8) is 0 Å². The monoisotopic (exact) mass is 266 g/mol. The Morgan fingerprint density at radius 3 is 3.00 bits per heavy atom. The maximum atomic E-state index is 12.1. The van der Waals surface area contributed by atoms with E-state index in [-0.39, 0.29) is 17.2 Å². The summed E-state index contributed by atoms with van der Waals surface area (Å²) >= 11 is 5.93. The average Bonchev–Trinajstić information content (AvgIpc) is 2.57. The number of hydrogen-bond acceptors (Lipinski definition) is 4. The van der Waals surface area contributed by atoms with E-state index < -0.39 is 0 Å². The molecule has 0 radical (unpaired) electrons. The van der Waals surface area contributed by atoms with E-state index in [1.165, 1.54) is 0 Å². The maximum absolute atomic E-state index is 12.1. The number of anilines is 2. The lowest BCUT2D eigenvalue weighted by molar-refractivity contribution is -0.117. The molecule has 0 aromatic carbocycles. The number of hydrogen-bond donors (Lipinski definition) is 1. The van der Waals surface area contributed by atoms with Crippen molar-refractivity contribution in [1.82, 2.24) is 9.97 Å². The first-order valence-corrected chi connectivity index (χ1v) is 6.66. The standard InChI is InChI=1S/C12H15ClN4O/c1-7-9-10(16-12(13)14-7)17-6-4-2-3-5-8(17)11(18)15-9/h8H,2-6H2,1H3,(H,15,18). The lowest BCUT2D eigenvalue weighted by Crippen LogP contribution is -2.48. The van der Waals surface area contributed by atoms with Crippen LogP contribution in [0.3, 0.4) is 0 Å². The highest BCUT2D eigenvalue weighted by Gasteiger charge is 2.35. The molecule has 1 N–H and O–H groups in total. The number of carbonyl (C=O) groups is 1. The number of carbonyl (C=O) groups excluding carboxylic acids is 1. The topological polar surface area (TPSA) is 58.1 Å². The summed E-state index contributed by atoms with van der Waals surface area (Å²) in [5, 5.41) is 3.16. The van der Waals surface area contributed by atoms with E-state index in [1.54, 1.807) is 0 Å². The summed E-state index contributed by atoms with van der Waals surface area (Å²) in [4.78, 5) is 22.6. The van der Waals surface area contributed by atoms with Gasteiger partial charge < -0.3 is 10.2 Å². The van der Waals surface area contributed by atoms with Crippen molar-refractivity contribution < 1.29 is 4.79 Å². The van der Waals surface area contributed by atoms with Gasteiger partial charge in [0.15, 0.2) is 5.82 Å². The molecule has 6 heteroatoms. The number of nitrogens with zero attached hydrogens (tertiary/aromatic N) is 3. The van der Waals surface area contributed by atoms with Crippen LogP contribution in [-0.4, -0.2) is 28.5 Å². The minimum Gasteiger partial charge on any atom is -0.343 e. The molecule has 0 spiro atoms. The predicted molar refractivity (Wildman–Crippen MR) is 70.0 cm³/mol. The number of nitrogens with one attached hydrogen (secondary N) is 1. The molecule has 1 fully saturated rings. The number of rotatable bonds is 0. The minimum absolute atomic E-state index is 0.0541. The van der Waals surface area contributed by atoms with E-state index in [9.17, 15) is 4.79 Å². The average molecular weight is 267 g/mol. The van der Waals surface area contributed by atoms with Crippen LogP contribution in [0.5, 0.6) is 0 Å². The van der Waals surface area contributed by atoms with Crippen LogP contribution in [0.1, 0.15) is 31.4 Å². The van der Waals surface area contributed by atoms with Crippen LogP contribution in [0.25, 0.3) is 0 Å². The van der Waals surface area contributed by atoms with Crippen LogP contribution in [0, 0.1) is 6.92 Å². The van der Waals surface area contributed by atoms with Crippen LogP contribution in [0.4, 0.5) is 11.5 Å². The molecule has 1 saturated heterocycles. The first-order valence-electron chi connectivity index (χ1n) is 6.28. The Morgan fingerprint density at radius 1 is 1.33 bits per heavy atom. The van der Waals surface area contributed by atoms with E-state index in [1.807, 2.05) is 6.92 Å². The Bertz CT molecular complexity index is 505. The highest BCUT2D eigenvalue weighted by Crippen LogP contribution is 2.35. The molecule has 2 aliphatic rings. The highest BCUT2D eigenvalue weighted by molar-refractivity contribution is 6.28. The number of aromatic nitrogens is 2. The summed E-state index contributed by atoms with van der Waals surface area (Å²) in [6.07, 6.45) is 4.21. The van der Waals surface area contributed by atoms with Gasteiger partial charge in [-0.15, -0.1) is 0 Å². The van der Waals surface area contributed by atoms with Crippen LogP contribution >= 0.6 is 11.6 Å². The lowest BCUT2D eigenvalue weighted by atomic mass is 10.1. The van der Waals surface area contributed by atoms with E-state index in [0.717, 1.165) is 43.7 Å². The second-order valence-electron chi connectivity index (χ2n) is 4.82. The van der Waals surface area contributed by atoms with Gasteiger partial charge in [-0.05, 0) is 31.4 Å². The van der Waals surface area contributed by atoms with Crippen molar-refractivity contribution in [1.29, 1.82) is 0 Å². The normalized spacial score (nSPS) is 22.9. The SMILES string of the molecule is Cc1nc(Cl)nc2c1NC(=O)C1CCCCCN21.